The van der Waals surface area contributed by atoms with Gasteiger partial charge in [-0.25, -0.2) is 0 Å². The van der Waals surface area contributed by atoms with Crippen LogP contribution in [0, 0.1) is 5.92 Å². The number of rotatable bonds is 8. The van der Waals surface area contributed by atoms with Crippen molar-refractivity contribution in [1.29, 1.82) is 0 Å². The van der Waals surface area contributed by atoms with Gasteiger partial charge in [-0.2, -0.15) is 0 Å². The van der Waals surface area contributed by atoms with Crippen LogP contribution in [0.25, 0.3) is 0 Å². The zero-order chi connectivity index (χ0) is 25.0. The molecule has 9 nitrogen and oxygen atoms in total. The minimum atomic E-state index is -0.440. The summed E-state index contributed by atoms with van der Waals surface area (Å²) in [4.78, 5) is 37.1. The van der Waals surface area contributed by atoms with Crippen LogP contribution in [0.15, 0.2) is 48.5 Å². The molecule has 1 aliphatic carbocycles. The number of amides is 3. The van der Waals surface area contributed by atoms with Crippen molar-refractivity contribution in [2.45, 2.75) is 32.1 Å². The first kappa shape index (κ1) is 26.1. The summed E-state index contributed by atoms with van der Waals surface area (Å²) in [5.41, 5.74) is 6.34. The number of nitrogens with one attached hydrogen (secondary N) is 4. The first-order chi connectivity index (χ1) is 17.0. The highest BCUT2D eigenvalue weighted by atomic mass is 32.1. The van der Waals surface area contributed by atoms with Crippen LogP contribution >= 0.6 is 12.2 Å². The molecular weight excluding hydrogens is 468 g/mol. The van der Waals surface area contributed by atoms with E-state index in [1.807, 2.05) is 0 Å². The Balaban J connectivity index is 1.41. The second kappa shape index (κ2) is 13.4. The Kier molecular flexibility index (Phi) is 10.00. The molecule has 0 spiro atoms. The Labute approximate surface area is 209 Å². The van der Waals surface area contributed by atoms with Gasteiger partial charge in [0.05, 0.1) is 6.61 Å². The van der Waals surface area contributed by atoms with Gasteiger partial charge in [-0.15, -0.1) is 0 Å². The van der Waals surface area contributed by atoms with Crippen LogP contribution in [0.3, 0.4) is 0 Å². The monoisotopic (exact) mass is 498 g/mol. The van der Waals surface area contributed by atoms with E-state index in [2.05, 4.69) is 21.5 Å². The standard InChI is InChI=1S/C25H30N4O5S/c1-33-15-16-34-21-13-9-18(10-14-21)23(31)27-25(35)29-28-24(32)19-7-11-20(12-8-19)26-22(30)17-5-3-2-4-6-17/h7-14,17H,2-6,15-16H2,1H3,(H,26,30)(H,28,32)(H2,27,29,31,35). The predicted octanol–water partition coefficient (Wildman–Crippen LogP) is 3.18. The smallest absolute Gasteiger partial charge is 0.269 e. The molecule has 3 rings (SSSR count). The van der Waals surface area contributed by atoms with E-state index in [4.69, 9.17) is 21.7 Å². The van der Waals surface area contributed by atoms with Crippen LogP contribution in [-0.4, -0.2) is 43.2 Å². The van der Waals surface area contributed by atoms with Gasteiger partial charge in [-0.1, -0.05) is 19.3 Å². The third-order valence-corrected chi connectivity index (χ3v) is 5.78. The van der Waals surface area contributed by atoms with Crippen molar-refractivity contribution in [2.75, 3.05) is 25.6 Å². The molecule has 1 aliphatic rings. The molecule has 186 valence electrons. The van der Waals surface area contributed by atoms with Crippen LogP contribution in [-0.2, 0) is 9.53 Å². The zero-order valence-corrected chi connectivity index (χ0v) is 20.4. The third-order valence-electron chi connectivity index (χ3n) is 5.58. The lowest BCUT2D eigenvalue weighted by molar-refractivity contribution is -0.120. The zero-order valence-electron chi connectivity index (χ0n) is 19.6. The first-order valence-corrected chi connectivity index (χ1v) is 11.9. The predicted molar refractivity (Wildman–Crippen MR) is 136 cm³/mol. The van der Waals surface area contributed by atoms with E-state index < -0.39 is 11.8 Å². The Hall–Kier alpha value is -3.50. The molecule has 0 saturated heterocycles. The summed E-state index contributed by atoms with van der Waals surface area (Å²) < 4.78 is 10.4. The van der Waals surface area contributed by atoms with Crippen molar-refractivity contribution in [3.63, 3.8) is 0 Å². The molecule has 0 aliphatic heterocycles. The largest absolute Gasteiger partial charge is 0.491 e. The molecule has 2 aromatic carbocycles. The van der Waals surface area contributed by atoms with E-state index in [1.165, 1.54) is 6.42 Å². The van der Waals surface area contributed by atoms with Crippen molar-refractivity contribution < 1.29 is 23.9 Å². The maximum Gasteiger partial charge on any atom is 0.269 e. The summed E-state index contributed by atoms with van der Waals surface area (Å²) in [6.07, 6.45) is 5.20. The lowest BCUT2D eigenvalue weighted by Gasteiger charge is -2.20. The number of carbonyl (C=O) groups is 3. The molecule has 4 N–H and O–H groups in total. The molecule has 10 heteroatoms. The van der Waals surface area contributed by atoms with Crippen LogP contribution in [0.5, 0.6) is 5.75 Å². The number of hydrogen-bond donors (Lipinski definition) is 4. The minimum absolute atomic E-state index is 0.0258. The van der Waals surface area contributed by atoms with Gasteiger partial charge < -0.3 is 14.8 Å². The molecule has 0 radical (unpaired) electrons. The van der Waals surface area contributed by atoms with Crippen LogP contribution in [0.4, 0.5) is 5.69 Å². The third kappa shape index (κ3) is 8.34. The Morgan fingerprint density at radius 1 is 0.857 bits per heavy atom. The number of benzene rings is 2. The Morgan fingerprint density at radius 2 is 1.49 bits per heavy atom. The molecule has 3 amide bonds. The van der Waals surface area contributed by atoms with Crippen molar-refractivity contribution in [3.8, 4) is 5.75 Å². The van der Waals surface area contributed by atoms with Crippen molar-refractivity contribution >= 4 is 40.7 Å². The summed E-state index contributed by atoms with van der Waals surface area (Å²) >= 11 is 5.08. The van der Waals surface area contributed by atoms with E-state index in [9.17, 15) is 14.4 Å². The number of thiocarbonyl (C=S) groups is 1. The summed E-state index contributed by atoms with van der Waals surface area (Å²) in [7, 11) is 1.59. The van der Waals surface area contributed by atoms with Gasteiger partial charge in [-0.3, -0.25) is 30.6 Å². The number of hydrazine groups is 1. The summed E-state index contributed by atoms with van der Waals surface area (Å²) in [5.74, 6) is -0.175. The minimum Gasteiger partial charge on any atom is -0.491 e. The number of carbonyl (C=O) groups excluding carboxylic acids is 3. The molecule has 0 heterocycles. The number of methoxy groups -OCH3 is 1. The van der Waals surface area contributed by atoms with E-state index in [0.29, 0.717) is 35.8 Å². The highest BCUT2D eigenvalue weighted by molar-refractivity contribution is 7.80. The lowest BCUT2D eigenvalue weighted by Crippen LogP contribution is -2.48. The summed E-state index contributed by atoms with van der Waals surface area (Å²) in [5, 5.41) is 5.35. The van der Waals surface area contributed by atoms with Crippen LogP contribution in [0.1, 0.15) is 52.8 Å². The van der Waals surface area contributed by atoms with Gasteiger partial charge in [0.15, 0.2) is 5.11 Å². The fourth-order valence-corrected chi connectivity index (χ4v) is 3.80. The van der Waals surface area contributed by atoms with E-state index >= 15 is 0 Å². The van der Waals surface area contributed by atoms with Gasteiger partial charge in [0.25, 0.3) is 11.8 Å². The average Bonchev–Trinajstić information content (AvgIpc) is 2.88. The van der Waals surface area contributed by atoms with Crippen molar-refractivity contribution in [2.24, 2.45) is 5.92 Å². The van der Waals surface area contributed by atoms with Gasteiger partial charge in [0, 0.05) is 29.8 Å². The van der Waals surface area contributed by atoms with Crippen LogP contribution in [0.2, 0.25) is 0 Å². The first-order valence-electron chi connectivity index (χ1n) is 11.5. The fourth-order valence-electron chi connectivity index (χ4n) is 3.65. The van der Waals surface area contributed by atoms with Crippen LogP contribution < -0.4 is 26.2 Å². The van der Waals surface area contributed by atoms with E-state index in [-0.39, 0.29) is 16.9 Å². The second-order valence-electron chi connectivity index (χ2n) is 8.13. The second-order valence-corrected chi connectivity index (χ2v) is 8.54. The normalized spacial score (nSPS) is 13.4. The number of hydrogen-bond acceptors (Lipinski definition) is 6. The average molecular weight is 499 g/mol. The molecule has 0 bridgehead atoms. The lowest BCUT2D eigenvalue weighted by atomic mass is 9.88. The fraction of sp³-hybridized carbons (Fsp3) is 0.360. The Bertz CT molecular complexity index is 1020. The molecule has 1 saturated carbocycles. The van der Waals surface area contributed by atoms with Gasteiger partial charge in [0.2, 0.25) is 5.91 Å². The molecule has 1 fully saturated rings. The SMILES string of the molecule is COCCOc1ccc(C(=O)NC(=S)NNC(=O)c2ccc(NC(=O)C3CCCCC3)cc2)cc1. The molecular formula is C25H30N4O5S. The van der Waals surface area contributed by atoms with Gasteiger partial charge in [-0.05, 0) is 73.6 Å². The molecule has 0 aromatic heterocycles. The Morgan fingerprint density at radius 3 is 2.14 bits per heavy atom. The van der Waals surface area contributed by atoms with Crippen molar-refractivity contribution in [1.82, 2.24) is 16.2 Å². The highest BCUT2D eigenvalue weighted by Crippen LogP contribution is 2.25. The van der Waals surface area contributed by atoms with Gasteiger partial charge in [0.1, 0.15) is 12.4 Å². The summed E-state index contributed by atoms with van der Waals surface area (Å²) in [6, 6.07) is 13.1. The maximum atomic E-state index is 12.4. The topological polar surface area (TPSA) is 118 Å². The molecule has 35 heavy (non-hydrogen) atoms. The quantitative estimate of drug-likeness (QED) is 0.251. The van der Waals surface area contributed by atoms with Crippen molar-refractivity contribution in [3.05, 3.63) is 59.7 Å². The summed E-state index contributed by atoms with van der Waals surface area (Å²) in [6.45, 7) is 0.878. The molecule has 0 atom stereocenters. The number of ether oxygens (including phenoxy) is 2. The van der Waals surface area contributed by atoms with E-state index in [0.717, 1.165) is 25.7 Å². The maximum absolute atomic E-state index is 12.4. The van der Waals surface area contributed by atoms with Gasteiger partial charge >= 0.3 is 0 Å². The number of anilines is 1. The molecule has 0 unspecified atom stereocenters. The van der Waals surface area contributed by atoms with E-state index in [1.54, 1.807) is 55.6 Å². The molecule has 2 aromatic rings. The highest BCUT2D eigenvalue weighted by Gasteiger charge is 2.21.